The maximum atomic E-state index is 13.9. The first kappa shape index (κ1) is 28.9. The van der Waals surface area contributed by atoms with Crippen molar-refractivity contribution in [2.75, 3.05) is 23.7 Å². The zero-order valence-corrected chi connectivity index (χ0v) is 24.6. The van der Waals surface area contributed by atoms with E-state index in [-0.39, 0.29) is 18.9 Å². The Hall–Kier alpha value is -2.69. The van der Waals surface area contributed by atoms with Crippen LogP contribution in [0.1, 0.15) is 18.1 Å². The predicted octanol–water partition coefficient (Wildman–Crippen LogP) is 4.75. The molecular weight excluding hydrogens is 622 g/mol. The summed E-state index contributed by atoms with van der Waals surface area (Å²) < 4.78 is 28.1. The lowest BCUT2D eigenvalue weighted by Gasteiger charge is -2.33. The number of halogens is 2. The molecule has 0 aliphatic rings. The summed E-state index contributed by atoms with van der Waals surface area (Å²) in [6.45, 7) is 1.90. The van der Waals surface area contributed by atoms with Gasteiger partial charge in [-0.15, -0.1) is 0 Å². The molecular formula is C27H29Br2N3O4S. The van der Waals surface area contributed by atoms with Crippen molar-refractivity contribution >= 4 is 59.4 Å². The maximum Gasteiger partial charge on any atom is 0.244 e. The van der Waals surface area contributed by atoms with Crippen LogP contribution in [0, 0.1) is 0 Å². The van der Waals surface area contributed by atoms with Crippen LogP contribution in [0.25, 0.3) is 0 Å². The SMILES string of the molecule is CCNC(=O)[C@H](Cc1ccccc1)N(Cc1cccc(Br)c1)C(=O)CN(c1ccc(Br)cc1)S(C)(=O)=O. The highest BCUT2D eigenvalue weighted by atomic mass is 79.9. The zero-order valence-electron chi connectivity index (χ0n) is 20.6. The van der Waals surface area contributed by atoms with E-state index >= 15 is 0 Å². The van der Waals surface area contributed by atoms with Gasteiger partial charge in [-0.3, -0.25) is 13.9 Å². The van der Waals surface area contributed by atoms with E-state index in [1.807, 2.05) is 61.5 Å². The molecule has 0 spiro atoms. The number of rotatable bonds is 11. The van der Waals surface area contributed by atoms with Crippen LogP contribution in [0.15, 0.2) is 87.8 Å². The number of anilines is 1. The molecule has 0 aliphatic carbocycles. The molecule has 0 radical (unpaired) electrons. The second kappa shape index (κ2) is 13.2. The Balaban J connectivity index is 2.03. The second-order valence-corrected chi connectivity index (χ2v) is 12.2. The quantitative estimate of drug-likeness (QED) is 0.325. The summed E-state index contributed by atoms with van der Waals surface area (Å²) in [5.74, 6) is -0.787. The maximum absolute atomic E-state index is 13.9. The van der Waals surface area contributed by atoms with Crippen LogP contribution < -0.4 is 9.62 Å². The number of likely N-dealkylation sites (N-methyl/N-ethyl adjacent to an activating group) is 1. The Morgan fingerprint density at radius 3 is 2.14 bits per heavy atom. The van der Waals surface area contributed by atoms with Crippen molar-refractivity contribution in [3.8, 4) is 0 Å². The molecule has 37 heavy (non-hydrogen) atoms. The van der Waals surface area contributed by atoms with Gasteiger partial charge in [0, 0.05) is 28.5 Å². The lowest BCUT2D eigenvalue weighted by Crippen LogP contribution is -2.53. The first-order valence-corrected chi connectivity index (χ1v) is 15.1. The van der Waals surface area contributed by atoms with Gasteiger partial charge in [-0.1, -0.05) is 74.3 Å². The van der Waals surface area contributed by atoms with Gasteiger partial charge < -0.3 is 10.2 Å². The molecule has 0 heterocycles. The Labute approximate surface area is 235 Å². The van der Waals surface area contributed by atoms with E-state index < -0.39 is 28.5 Å². The third kappa shape index (κ3) is 8.41. The van der Waals surface area contributed by atoms with E-state index in [1.165, 1.54) is 4.90 Å². The molecule has 1 atom stereocenters. The summed E-state index contributed by atoms with van der Waals surface area (Å²) in [6, 6.07) is 22.7. The summed E-state index contributed by atoms with van der Waals surface area (Å²) >= 11 is 6.81. The molecule has 10 heteroatoms. The Morgan fingerprint density at radius 1 is 0.892 bits per heavy atom. The van der Waals surface area contributed by atoms with Gasteiger partial charge in [0.25, 0.3) is 0 Å². The highest BCUT2D eigenvalue weighted by molar-refractivity contribution is 9.10. The van der Waals surface area contributed by atoms with Gasteiger partial charge in [-0.2, -0.15) is 0 Å². The highest BCUT2D eigenvalue weighted by Gasteiger charge is 2.32. The molecule has 3 rings (SSSR count). The van der Waals surface area contributed by atoms with Gasteiger partial charge >= 0.3 is 0 Å². The molecule has 0 saturated carbocycles. The molecule has 1 N–H and O–H groups in total. The van der Waals surface area contributed by atoms with E-state index in [9.17, 15) is 18.0 Å². The van der Waals surface area contributed by atoms with Gasteiger partial charge in [0.05, 0.1) is 11.9 Å². The minimum atomic E-state index is -3.79. The first-order chi connectivity index (χ1) is 17.6. The summed E-state index contributed by atoms with van der Waals surface area (Å²) in [5.41, 5.74) is 2.05. The molecule has 3 aromatic rings. The molecule has 0 aliphatic heterocycles. The predicted molar refractivity (Wildman–Crippen MR) is 154 cm³/mol. The number of benzene rings is 3. The number of nitrogens with zero attached hydrogens (tertiary/aromatic N) is 2. The molecule has 0 unspecified atom stereocenters. The molecule has 0 saturated heterocycles. The Bertz CT molecular complexity index is 1320. The van der Waals surface area contributed by atoms with Gasteiger partial charge in [-0.05, 0) is 54.4 Å². The zero-order chi connectivity index (χ0) is 27.0. The van der Waals surface area contributed by atoms with E-state index in [1.54, 1.807) is 24.3 Å². The summed E-state index contributed by atoms with van der Waals surface area (Å²) in [5, 5.41) is 2.84. The smallest absolute Gasteiger partial charge is 0.244 e. The number of nitrogens with one attached hydrogen (secondary N) is 1. The van der Waals surface area contributed by atoms with Gasteiger partial charge in [0.2, 0.25) is 21.8 Å². The van der Waals surface area contributed by atoms with E-state index in [0.717, 1.165) is 30.6 Å². The summed E-state index contributed by atoms with van der Waals surface area (Å²) in [6.07, 6.45) is 1.34. The van der Waals surface area contributed by atoms with Crippen LogP contribution >= 0.6 is 31.9 Å². The van der Waals surface area contributed by atoms with E-state index in [0.29, 0.717) is 12.2 Å². The number of sulfonamides is 1. The minimum Gasteiger partial charge on any atom is -0.355 e. The van der Waals surface area contributed by atoms with Crippen molar-refractivity contribution in [3.05, 3.63) is 98.9 Å². The highest BCUT2D eigenvalue weighted by Crippen LogP contribution is 2.23. The number of amides is 2. The molecule has 3 aromatic carbocycles. The monoisotopic (exact) mass is 649 g/mol. The molecule has 7 nitrogen and oxygen atoms in total. The minimum absolute atomic E-state index is 0.130. The fourth-order valence-electron chi connectivity index (χ4n) is 3.90. The van der Waals surface area contributed by atoms with Crippen LogP contribution in [-0.4, -0.2) is 50.5 Å². The third-order valence-electron chi connectivity index (χ3n) is 5.66. The van der Waals surface area contributed by atoms with Gasteiger partial charge in [0.15, 0.2) is 0 Å². The summed E-state index contributed by atoms with van der Waals surface area (Å²) in [7, 11) is -3.79. The standard InChI is InChI=1S/C27H29Br2N3O4S/c1-3-30-27(34)25(17-20-8-5-4-6-9-20)31(18-21-10-7-11-23(29)16-21)26(33)19-32(37(2,35)36)24-14-12-22(28)13-15-24/h4-16,25H,3,17-19H2,1-2H3,(H,30,34)/t25-/m0/s1. The van der Waals surface area contributed by atoms with Crippen LogP contribution in [0.3, 0.4) is 0 Å². The fraction of sp³-hybridized carbons (Fsp3) is 0.259. The van der Waals surface area contributed by atoms with Crippen LogP contribution in [0.4, 0.5) is 5.69 Å². The van der Waals surface area contributed by atoms with E-state index in [4.69, 9.17) is 0 Å². The van der Waals surface area contributed by atoms with Crippen LogP contribution in [0.5, 0.6) is 0 Å². The topological polar surface area (TPSA) is 86.8 Å². The van der Waals surface area contributed by atoms with Crippen LogP contribution in [-0.2, 0) is 32.6 Å². The number of carbonyl (C=O) groups excluding carboxylic acids is 2. The number of hydrogen-bond acceptors (Lipinski definition) is 4. The van der Waals surface area contributed by atoms with Crippen molar-refractivity contribution in [1.29, 1.82) is 0 Å². The normalized spacial score (nSPS) is 12.0. The van der Waals surface area contributed by atoms with E-state index in [2.05, 4.69) is 37.2 Å². The van der Waals surface area contributed by atoms with Gasteiger partial charge in [-0.25, -0.2) is 8.42 Å². The molecule has 0 aromatic heterocycles. The number of hydrogen-bond donors (Lipinski definition) is 1. The second-order valence-electron chi connectivity index (χ2n) is 8.50. The Kier molecular flexibility index (Phi) is 10.3. The van der Waals surface area contributed by atoms with Crippen molar-refractivity contribution in [2.24, 2.45) is 0 Å². The van der Waals surface area contributed by atoms with Crippen molar-refractivity contribution < 1.29 is 18.0 Å². The van der Waals surface area contributed by atoms with Crippen LogP contribution in [0.2, 0.25) is 0 Å². The third-order valence-corrected chi connectivity index (χ3v) is 7.82. The summed E-state index contributed by atoms with van der Waals surface area (Å²) in [4.78, 5) is 28.6. The average molecular weight is 651 g/mol. The molecule has 0 bridgehead atoms. The lowest BCUT2D eigenvalue weighted by atomic mass is 10.0. The molecule has 196 valence electrons. The Morgan fingerprint density at radius 2 is 1.54 bits per heavy atom. The largest absolute Gasteiger partial charge is 0.355 e. The van der Waals surface area contributed by atoms with Crippen molar-refractivity contribution in [3.63, 3.8) is 0 Å². The first-order valence-electron chi connectivity index (χ1n) is 11.7. The lowest BCUT2D eigenvalue weighted by molar-refractivity contribution is -0.140. The fourth-order valence-corrected chi connectivity index (χ4v) is 5.46. The molecule has 2 amide bonds. The average Bonchev–Trinajstić information content (AvgIpc) is 2.85. The van der Waals surface area contributed by atoms with Crippen molar-refractivity contribution in [2.45, 2.75) is 25.9 Å². The van der Waals surface area contributed by atoms with Gasteiger partial charge in [0.1, 0.15) is 12.6 Å². The molecule has 0 fully saturated rings. The van der Waals surface area contributed by atoms with Crippen molar-refractivity contribution in [1.82, 2.24) is 10.2 Å². The number of carbonyl (C=O) groups is 2.